The predicted molar refractivity (Wildman–Crippen MR) is 37.3 cm³/mol. The Bertz CT molecular complexity index is 387. The molecule has 0 aromatic carbocycles. The summed E-state index contributed by atoms with van der Waals surface area (Å²) < 4.78 is 70.8. The monoisotopic (exact) mass is 338 g/mol. The van der Waals surface area contributed by atoms with Crippen molar-refractivity contribution >= 4 is 28.6 Å². The van der Waals surface area contributed by atoms with Gasteiger partial charge in [0.2, 0.25) is 0 Å². The van der Waals surface area contributed by atoms with E-state index in [0.717, 1.165) is 0 Å². The van der Waals surface area contributed by atoms with E-state index in [1.807, 2.05) is 0 Å². The molecule has 0 saturated heterocycles. The van der Waals surface area contributed by atoms with E-state index in [1.165, 1.54) is 0 Å². The van der Waals surface area contributed by atoms with Gasteiger partial charge in [0, 0.05) is 0 Å². The van der Waals surface area contributed by atoms with Crippen LogP contribution in [0.15, 0.2) is 0 Å². The van der Waals surface area contributed by atoms with Gasteiger partial charge in [-0.05, 0) is 0 Å². The summed E-state index contributed by atoms with van der Waals surface area (Å²) in [6, 6.07) is 0. The molecule has 0 aromatic heterocycles. The molecule has 15 heavy (non-hydrogen) atoms. The van der Waals surface area contributed by atoms with Gasteiger partial charge in [-0.2, -0.15) is 16.8 Å². The Kier molecular flexibility index (Phi) is 13.0. The molecule has 15 heteroatoms. The second kappa shape index (κ2) is 8.39. The molecule has 0 spiro atoms. The third-order valence-electron chi connectivity index (χ3n) is 0.377. The van der Waals surface area contributed by atoms with E-state index in [2.05, 4.69) is 7.94 Å². The summed E-state index contributed by atoms with van der Waals surface area (Å²) in [5.74, 6) is 0. The first-order valence-electron chi connectivity index (χ1n) is 2.11. The molecule has 3 N–H and O–H groups in total. The molecule has 0 aromatic rings. The second-order valence-corrected chi connectivity index (χ2v) is 5.31. The Morgan fingerprint density at radius 1 is 0.933 bits per heavy atom. The van der Waals surface area contributed by atoms with Crippen LogP contribution in [0.1, 0.15) is 2.85 Å². The molecule has 0 unspecified atom stereocenters. The minimum atomic E-state index is -5.61. The predicted octanol–water partition coefficient (Wildman–Crippen LogP) is -7.04. The van der Waals surface area contributed by atoms with Crippen LogP contribution >= 0.6 is 7.82 Å². The zero-order chi connectivity index (χ0) is 10.9. The van der Waals surface area contributed by atoms with Gasteiger partial charge in [-0.15, -0.1) is 7.94 Å². The summed E-state index contributed by atoms with van der Waals surface area (Å²) in [4.78, 5) is 8.22. The van der Waals surface area contributed by atoms with Crippen molar-refractivity contribution in [3.63, 3.8) is 0 Å². The first-order valence-corrected chi connectivity index (χ1v) is 6.34. The van der Waals surface area contributed by atoms with Gasteiger partial charge in [-0.3, -0.25) is 9.11 Å². The van der Waals surface area contributed by atoms with Gasteiger partial charge in [0.25, 0.3) is 0 Å². The smallest absolute Gasteiger partial charge is 1.00 e. The van der Waals surface area contributed by atoms with Crippen molar-refractivity contribution in [2.75, 3.05) is 0 Å². The van der Waals surface area contributed by atoms with Crippen LogP contribution in [0.2, 0.25) is 0 Å². The molecule has 0 atom stereocenters. The van der Waals surface area contributed by atoms with Crippen LogP contribution in [0.5, 0.6) is 0 Å². The Morgan fingerprint density at radius 3 is 1.27 bits per heavy atom. The van der Waals surface area contributed by atoms with Crippen molar-refractivity contribution in [1.82, 2.24) is 0 Å². The van der Waals surface area contributed by atoms with E-state index in [9.17, 15) is 21.4 Å². The number of hydrogen-bond donors (Lipinski definition) is 3. The van der Waals surface area contributed by atoms with Crippen molar-refractivity contribution in [3.8, 4) is 0 Å². The van der Waals surface area contributed by atoms with E-state index in [0.29, 0.717) is 0 Å². The number of phosphoric acid groups is 1. The fourth-order valence-corrected chi connectivity index (χ4v) is 2.48. The summed E-state index contributed by atoms with van der Waals surface area (Å²) in [6.07, 6.45) is 0. The molecule has 10 nitrogen and oxygen atoms in total. The number of hydrogen-bond acceptors (Lipinski definition) is 7. The molecule has 0 aliphatic heterocycles. The first kappa shape index (κ1) is 23.3. The van der Waals surface area contributed by atoms with Crippen LogP contribution in [0, 0.1) is 0 Å². The molecule has 0 amide bonds. The summed E-state index contributed by atoms with van der Waals surface area (Å²) >= 11 is 0. The van der Waals surface area contributed by atoms with Gasteiger partial charge in [0.05, 0.1) is 0 Å². The molecular formula is H5K2O10PS2. The standard InChI is InChI=1S/2K.H3O10PS2.2H/c;;1-11(2,9-12(3,4)5)10-13(6,7)8;;/h;;(H,1,2)(H,3,4,5)(H,6,7,8);;/q2*+1;;2*-1. The molecule has 84 valence electrons. The van der Waals surface area contributed by atoms with Gasteiger partial charge >= 0.3 is 131 Å². The van der Waals surface area contributed by atoms with Crippen molar-refractivity contribution < 1.29 is 149 Å². The quantitative estimate of drug-likeness (QED) is 0.255. The SMILES string of the molecule is O=P(O)(OS(=O)(=O)O)OS(=O)(=O)O.[H-].[H-].[K+].[K+]. The summed E-state index contributed by atoms with van der Waals surface area (Å²) in [5.41, 5.74) is 0. The summed E-state index contributed by atoms with van der Waals surface area (Å²) in [5, 5.41) is 0. The van der Waals surface area contributed by atoms with Crippen LogP contribution in [-0.4, -0.2) is 30.8 Å². The van der Waals surface area contributed by atoms with Gasteiger partial charge < -0.3 is 7.75 Å². The van der Waals surface area contributed by atoms with E-state index >= 15 is 0 Å². The molecule has 0 saturated carbocycles. The maximum Gasteiger partial charge on any atom is 1.00 e. The van der Waals surface area contributed by atoms with E-state index < -0.39 is 28.6 Å². The van der Waals surface area contributed by atoms with Gasteiger partial charge in [0.15, 0.2) is 0 Å². The average Bonchev–Trinajstić information content (AvgIpc) is 1.43. The molecule has 0 bridgehead atoms. The fraction of sp³-hybridized carbons (Fsp3) is 0. The Morgan fingerprint density at radius 2 is 1.13 bits per heavy atom. The van der Waals surface area contributed by atoms with Crippen LogP contribution in [-0.2, 0) is 33.3 Å². The largest absolute Gasteiger partial charge is 1.00 e. The minimum absolute atomic E-state index is 0. The van der Waals surface area contributed by atoms with Crippen LogP contribution in [0.4, 0.5) is 0 Å². The molecule has 0 heterocycles. The molecular weight excluding hydrogens is 333 g/mol. The van der Waals surface area contributed by atoms with E-state index in [4.69, 9.17) is 14.0 Å². The first-order chi connectivity index (χ1) is 5.41. The van der Waals surface area contributed by atoms with Crippen LogP contribution < -0.4 is 103 Å². The van der Waals surface area contributed by atoms with Crippen LogP contribution in [0.25, 0.3) is 0 Å². The third kappa shape index (κ3) is 17.2. The van der Waals surface area contributed by atoms with Crippen LogP contribution in [0.3, 0.4) is 0 Å². The van der Waals surface area contributed by atoms with Gasteiger partial charge in [-0.25, -0.2) is 4.57 Å². The van der Waals surface area contributed by atoms with Crippen molar-refractivity contribution in [1.29, 1.82) is 0 Å². The molecule has 0 rings (SSSR count). The zero-order valence-electron chi connectivity index (χ0n) is 9.46. The molecule has 0 aliphatic rings. The minimum Gasteiger partial charge on any atom is -1.00 e. The van der Waals surface area contributed by atoms with Gasteiger partial charge in [-0.1, -0.05) is 0 Å². The molecule has 0 fully saturated rings. The maximum atomic E-state index is 10.3. The second-order valence-electron chi connectivity index (χ2n) is 1.47. The molecule has 0 aliphatic carbocycles. The van der Waals surface area contributed by atoms with Crippen molar-refractivity contribution in [2.45, 2.75) is 0 Å². The Balaban J connectivity index is -0.000000120. The third-order valence-corrected chi connectivity index (χ3v) is 3.39. The van der Waals surface area contributed by atoms with Crippen molar-refractivity contribution in [3.05, 3.63) is 0 Å². The Labute approximate surface area is 173 Å². The summed E-state index contributed by atoms with van der Waals surface area (Å²) in [6.45, 7) is 0. The van der Waals surface area contributed by atoms with E-state index in [-0.39, 0.29) is 106 Å². The van der Waals surface area contributed by atoms with Crippen molar-refractivity contribution in [2.24, 2.45) is 0 Å². The van der Waals surface area contributed by atoms with Gasteiger partial charge in [0.1, 0.15) is 0 Å². The average molecular weight is 338 g/mol. The fourth-order valence-electron chi connectivity index (χ4n) is 0.250. The maximum absolute atomic E-state index is 10.3. The summed E-state index contributed by atoms with van der Waals surface area (Å²) in [7, 11) is -16.3. The Hall–Kier alpha value is 3.20. The normalized spacial score (nSPS) is 12.5. The topological polar surface area (TPSA) is 164 Å². The zero-order valence-corrected chi connectivity index (χ0v) is 16.2. The van der Waals surface area contributed by atoms with E-state index in [1.54, 1.807) is 0 Å². The number of rotatable bonds is 4. The molecule has 0 radical (unpaired) electrons.